The Morgan fingerprint density at radius 1 is 1.43 bits per heavy atom. The zero-order chi connectivity index (χ0) is 15.8. The molecule has 0 unspecified atom stereocenters. The molecule has 4 nitrogen and oxygen atoms in total. The fourth-order valence-corrected chi connectivity index (χ4v) is 5.42. The second-order valence-electron chi connectivity index (χ2n) is 5.80. The van der Waals surface area contributed by atoms with Crippen LogP contribution in [0.2, 0.25) is 0 Å². The van der Waals surface area contributed by atoms with Crippen LogP contribution < -0.4 is 0 Å². The zero-order valence-electron chi connectivity index (χ0n) is 12.3. The molecule has 0 bridgehead atoms. The van der Waals surface area contributed by atoms with E-state index in [2.05, 4.69) is 15.9 Å². The Hall–Kier alpha value is -0.140. The summed E-state index contributed by atoms with van der Waals surface area (Å²) in [6, 6.07) is 3.53. The fourth-order valence-electron chi connectivity index (χ4n) is 2.48. The first kappa shape index (κ1) is 17.2. The van der Waals surface area contributed by atoms with Crippen molar-refractivity contribution in [1.82, 2.24) is 4.31 Å². The van der Waals surface area contributed by atoms with Crippen molar-refractivity contribution < 1.29 is 13.2 Å². The van der Waals surface area contributed by atoms with Crippen LogP contribution in [0.15, 0.2) is 21.5 Å². The van der Waals surface area contributed by atoms with Crippen molar-refractivity contribution >= 4 is 37.6 Å². The summed E-state index contributed by atoms with van der Waals surface area (Å²) in [5, 5.41) is 0. The Bertz CT molecular complexity index is 646. The third-order valence-electron chi connectivity index (χ3n) is 3.57. The second-order valence-corrected chi connectivity index (χ2v) is 8.69. The number of nitrogens with zero attached hydrogens (tertiary/aromatic N) is 1. The first-order valence-electron chi connectivity index (χ1n) is 6.66. The van der Waals surface area contributed by atoms with Gasteiger partial charge in [0.25, 0.3) is 0 Å². The normalized spacial score (nSPS) is 19.7. The summed E-state index contributed by atoms with van der Waals surface area (Å²) in [5.41, 5.74) is 1.08. The number of halogens is 2. The molecule has 1 aromatic rings. The van der Waals surface area contributed by atoms with Crippen LogP contribution in [-0.2, 0) is 20.6 Å². The van der Waals surface area contributed by atoms with Gasteiger partial charge in [0.1, 0.15) is 0 Å². The van der Waals surface area contributed by atoms with E-state index in [1.54, 1.807) is 6.07 Å². The van der Waals surface area contributed by atoms with Gasteiger partial charge in [-0.3, -0.25) is 0 Å². The molecule has 1 aliphatic rings. The molecule has 7 heteroatoms. The molecular weight excluding hydrogens is 378 g/mol. The fraction of sp³-hybridized carbons (Fsp3) is 0.571. The van der Waals surface area contributed by atoms with Crippen LogP contribution in [0, 0.1) is 6.92 Å². The number of sulfonamides is 1. The Kier molecular flexibility index (Phi) is 5.05. The number of aryl methyl sites for hydroxylation is 1. The van der Waals surface area contributed by atoms with Gasteiger partial charge in [0.15, 0.2) is 0 Å². The molecule has 1 heterocycles. The van der Waals surface area contributed by atoms with Gasteiger partial charge in [-0.15, -0.1) is 11.6 Å². The maximum absolute atomic E-state index is 13.0. The summed E-state index contributed by atoms with van der Waals surface area (Å²) in [6.07, 6.45) is 0. The van der Waals surface area contributed by atoms with Crippen molar-refractivity contribution in [3.63, 3.8) is 0 Å². The molecule has 0 amide bonds. The predicted molar refractivity (Wildman–Crippen MR) is 87.2 cm³/mol. The highest BCUT2D eigenvalue weighted by molar-refractivity contribution is 9.10. The van der Waals surface area contributed by atoms with Gasteiger partial charge >= 0.3 is 0 Å². The minimum atomic E-state index is -3.61. The van der Waals surface area contributed by atoms with Gasteiger partial charge < -0.3 is 4.74 Å². The number of ether oxygens (including phenoxy) is 1. The highest BCUT2D eigenvalue weighted by atomic mass is 79.9. The Balaban J connectivity index is 2.56. The van der Waals surface area contributed by atoms with Crippen molar-refractivity contribution in [3.05, 3.63) is 27.7 Å². The van der Waals surface area contributed by atoms with E-state index in [0.717, 1.165) is 11.1 Å². The van der Waals surface area contributed by atoms with Crippen LogP contribution in [0.25, 0.3) is 0 Å². The standard InChI is InChI=1S/C14H19BrClNO3S/c1-10-6-11(8-16)7-12(13(10)15)21(18,19)17-4-5-20-9-14(17,2)3/h6-7H,4-5,8-9H2,1-3H3. The van der Waals surface area contributed by atoms with Gasteiger partial charge in [0.2, 0.25) is 10.0 Å². The monoisotopic (exact) mass is 395 g/mol. The topological polar surface area (TPSA) is 46.6 Å². The molecule has 118 valence electrons. The molecule has 0 spiro atoms. The summed E-state index contributed by atoms with van der Waals surface area (Å²) in [4.78, 5) is 0.271. The first-order valence-corrected chi connectivity index (χ1v) is 9.42. The maximum atomic E-state index is 13.0. The molecule has 0 aromatic heterocycles. The van der Waals surface area contributed by atoms with Crippen molar-refractivity contribution in [2.45, 2.75) is 37.1 Å². The Morgan fingerprint density at radius 2 is 2.10 bits per heavy atom. The van der Waals surface area contributed by atoms with Crippen molar-refractivity contribution in [3.8, 4) is 0 Å². The van der Waals surface area contributed by atoms with E-state index < -0.39 is 15.6 Å². The van der Waals surface area contributed by atoms with Crippen LogP contribution in [0.1, 0.15) is 25.0 Å². The number of hydrogen-bond donors (Lipinski definition) is 0. The largest absolute Gasteiger partial charge is 0.378 e. The molecule has 1 aliphatic heterocycles. The third-order valence-corrected chi connectivity index (χ3v) is 7.33. The lowest BCUT2D eigenvalue weighted by Gasteiger charge is -2.41. The number of rotatable bonds is 3. The smallest absolute Gasteiger partial charge is 0.244 e. The van der Waals surface area contributed by atoms with Crippen molar-refractivity contribution in [2.75, 3.05) is 19.8 Å². The van der Waals surface area contributed by atoms with Crippen molar-refractivity contribution in [1.29, 1.82) is 0 Å². The number of morpholine rings is 1. The van der Waals surface area contributed by atoms with Gasteiger partial charge in [-0.2, -0.15) is 4.31 Å². The van der Waals surface area contributed by atoms with Crippen LogP contribution >= 0.6 is 27.5 Å². The zero-order valence-corrected chi connectivity index (χ0v) is 15.5. The van der Waals surface area contributed by atoms with Crippen LogP contribution in [-0.4, -0.2) is 38.0 Å². The number of hydrogen-bond acceptors (Lipinski definition) is 3. The highest BCUT2D eigenvalue weighted by Gasteiger charge is 2.40. The molecule has 0 radical (unpaired) electrons. The van der Waals surface area contributed by atoms with Gasteiger partial charge in [0, 0.05) is 16.9 Å². The predicted octanol–water partition coefficient (Wildman–Crippen LogP) is 3.30. The quantitative estimate of drug-likeness (QED) is 0.737. The van der Waals surface area contributed by atoms with E-state index in [1.165, 1.54) is 4.31 Å². The van der Waals surface area contributed by atoms with Crippen LogP contribution in [0.5, 0.6) is 0 Å². The summed E-state index contributed by atoms with van der Waals surface area (Å²) >= 11 is 9.27. The summed E-state index contributed by atoms with van der Waals surface area (Å²) < 4.78 is 33.6. The molecule has 0 atom stereocenters. The van der Waals surface area contributed by atoms with Gasteiger partial charge in [0.05, 0.1) is 23.6 Å². The van der Waals surface area contributed by atoms with Crippen LogP contribution in [0.4, 0.5) is 0 Å². The summed E-state index contributed by atoms with van der Waals surface area (Å²) in [6.45, 7) is 6.76. The molecule has 0 aliphatic carbocycles. The van der Waals surface area contributed by atoms with Gasteiger partial charge in [-0.1, -0.05) is 6.07 Å². The maximum Gasteiger partial charge on any atom is 0.244 e. The van der Waals surface area contributed by atoms with Crippen LogP contribution in [0.3, 0.4) is 0 Å². The lowest BCUT2D eigenvalue weighted by molar-refractivity contribution is -0.00772. The minimum absolute atomic E-state index is 0.271. The SMILES string of the molecule is Cc1cc(CCl)cc(S(=O)(=O)N2CCOCC2(C)C)c1Br. The molecule has 1 saturated heterocycles. The summed E-state index contributed by atoms with van der Waals surface area (Å²) in [5.74, 6) is 0.281. The van der Waals surface area contributed by atoms with E-state index in [1.807, 2.05) is 26.8 Å². The molecule has 2 rings (SSSR count). The molecule has 1 aromatic carbocycles. The molecule has 21 heavy (non-hydrogen) atoms. The first-order chi connectivity index (χ1) is 9.70. The van der Waals surface area contributed by atoms with E-state index in [4.69, 9.17) is 16.3 Å². The third kappa shape index (κ3) is 3.29. The van der Waals surface area contributed by atoms with E-state index in [9.17, 15) is 8.42 Å². The molecule has 1 fully saturated rings. The van der Waals surface area contributed by atoms with E-state index in [-0.39, 0.29) is 10.8 Å². The Morgan fingerprint density at radius 3 is 2.67 bits per heavy atom. The van der Waals surface area contributed by atoms with Crippen molar-refractivity contribution in [2.24, 2.45) is 0 Å². The highest BCUT2D eigenvalue weighted by Crippen LogP contribution is 2.34. The lowest BCUT2D eigenvalue weighted by atomic mass is 10.1. The molecular formula is C14H19BrClNO3S. The lowest BCUT2D eigenvalue weighted by Crippen LogP contribution is -2.55. The van der Waals surface area contributed by atoms with E-state index >= 15 is 0 Å². The second kappa shape index (κ2) is 6.16. The average Bonchev–Trinajstić information content (AvgIpc) is 2.40. The van der Waals surface area contributed by atoms with Gasteiger partial charge in [-0.05, 0) is 53.9 Å². The number of benzene rings is 1. The Labute approximate surface area is 139 Å². The minimum Gasteiger partial charge on any atom is -0.378 e. The molecule has 0 saturated carbocycles. The number of alkyl halides is 1. The van der Waals surface area contributed by atoms with E-state index in [0.29, 0.717) is 24.2 Å². The van der Waals surface area contributed by atoms with Gasteiger partial charge in [-0.25, -0.2) is 8.42 Å². The average molecular weight is 397 g/mol. The molecule has 0 N–H and O–H groups in total. The summed E-state index contributed by atoms with van der Waals surface area (Å²) in [7, 11) is -3.61.